The number of nitrogens with zero attached hydrogens (tertiary/aromatic N) is 3. The summed E-state index contributed by atoms with van der Waals surface area (Å²) in [5.41, 5.74) is 0.789. The van der Waals surface area contributed by atoms with Crippen LogP contribution in [0.1, 0.15) is 29.6 Å². The van der Waals surface area contributed by atoms with Crippen LogP contribution in [0.4, 0.5) is 10.1 Å². The summed E-state index contributed by atoms with van der Waals surface area (Å²) < 4.78 is 13.4. The van der Waals surface area contributed by atoms with Gasteiger partial charge in [-0.1, -0.05) is 6.07 Å². The van der Waals surface area contributed by atoms with E-state index >= 15 is 0 Å². The zero-order valence-electron chi connectivity index (χ0n) is 14.4. The molecule has 2 saturated heterocycles. The predicted molar refractivity (Wildman–Crippen MR) is 95.2 cm³/mol. The number of carbonyl (C=O) groups is 2. The molecule has 2 aliphatic heterocycles. The number of pyridine rings is 1. The molecule has 3 heterocycles. The van der Waals surface area contributed by atoms with Crippen LogP contribution in [0.2, 0.25) is 0 Å². The number of amides is 2. The molecule has 0 radical (unpaired) electrons. The maximum atomic E-state index is 13.4. The fraction of sp³-hybridized carbons (Fsp3) is 0.350. The van der Waals surface area contributed by atoms with Gasteiger partial charge in [-0.05, 0) is 49.6 Å². The first-order chi connectivity index (χ1) is 12.6. The van der Waals surface area contributed by atoms with Gasteiger partial charge in [0.25, 0.3) is 5.91 Å². The third-order valence-electron chi connectivity index (χ3n) is 5.55. The van der Waals surface area contributed by atoms with Crippen molar-refractivity contribution in [2.75, 3.05) is 24.5 Å². The number of rotatable bonds is 2. The third-order valence-corrected chi connectivity index (χ3v) is 5.55. The van der Waals surface area contributed by atoms with E-state index in [1.165, 1.54) is 12.1 Å². The first kappa shape index (κ1) is 16.7. The Labute approximate surface area is 151 Å². The highest BCUT2D eigenvalue weighted by atomic mass is 19.1. The molecule has 2 amide bonds. The van der Waals surface area contributed by atoms with E-state index in [2.05, 4.69) is 4.98 Å². The average molecular weight is 353 g/mol. The molecule has 1 aromatic carbocycles. The van der Waals surface area contributed by atoms with Crippen molar-refractivity contribution >= 4 is 17.5 Å². The maximum Gasteiger partial charge on any atom is 0.253 e. The molecule has 0 N–H and O–H groups in total. The minimum absolute atomic E-state index is 0.128. The lowest BCUT2D eigenvalue weighted by molar-refractivity contribution is -0.127. The summed E-state index contributed by atoms with van der Waals surface area (Å²) in [4.78, 5) is 33.2. The Morgan fingerprint density at radius 3 is 2.54 bits per heavy atom. The number of piperidine rings is 1. The van der Waals surface area contributed by atoms with Gasteiger partial charge in [0.05, 0.1) is 17.3 Å². The molecule has 0 atom stereocenters. The van der Waals surface area contributed by atoms with E-state index in [-0.39, 0.29) is 11.8 Å². The Balaban J connectivity index is 1.45. The number of carbonyl (C=O) groups excluding carboxylic acids is 2. The van der Waals surface area contributed by atoms with Gasteiger partial charge in [0, 0.05) is 31.4 Å². The largest absolute Gasteiger partial charge is 0.339 e. The molecule has 1 aromatic heterocycles. The molecule has 6 heteroatoms. The average Bonchev–Trinajstić information content (AvgIpc) is 2.99. The van der Waals surface area contributed by atoms with E-state index in [1.807, 2.05) is 12.1 Å². The molecule has 0 saturated carbocycles. The molecule has 0 unspecified atom stereocenters. The summed E-state index contributed by atoms with van der Waals surface area (Å²) in [6, 6.07) is 9.48. The number of halogens is 1. The molecule has 1 spiro atoms. The van der Waals surface area contributed by atoms with Gasteiger partial charge in [-0.25, -0.2) is 4.39 Å². The highest BCUT2D eigenvalue weighted by molar-refractivity contribution is 6.00. The van der Waals surface area contributed by atoms with E-state index < -0.39 is 11.2 Å². The van der Waals surface area contributed by atoms with Crippen LogP contribution < -0.4 is 4.90 Å². The van der Waals surface area contributed by atoms with Crippen LogP contribution in [-0.2, 0) is 4.79 Å². The Bertz CT molecular complexity index is 832. The maximum absolute atomic E-state index is 13.4. The van der Waals surface area contributed by atoms with Crippen LogP contribution in [0.15, 0.2) is 48.8 Å². The molecule has 2 aromatic rings. The van der Waals surface area contributed by atoms with Crippen LogP contribution >= 0.6 is 0 Å². The summed E-state index contributed by atoms with van der Waals surface area (Å²) in [5, 5.41) is 0. The summed E-state index contributed by atoms with van der Waals surface area (Å²) in [5.74, 6) is -0.459. The third kappa shape index (κ3) is 2.85. The normalized spacial score (nSPS) is 19.2. The van der Waals surface area contributed by atoms with E-state index in [4.69, 9.17) is 0 Å². The smallest absolute Gasteiger partial charge is 0.253 e. The van der Waals surface area contributed by atoms with Crippen LogP contribution in [0.3, 0.4) is 0 Å². The van der Waals surface area contributed by atoms with Crippen molar-refractivity contribution in [3.8, 4) is 0 Å². The Kier molecular flexibility index (Phi) is 4.18. The minimum Gasteiger partial charge on any atom is -0.339 e. The van der Waals surface area contributed by atoms with E-state index in [1.54, 1.807) is 34.3 Å². The number of likely N-dealkylation sites (tertiary alicyclic amines) is 1. The van der Waals surface area contributed by atoms with Gasteiger partial charge >= 0.3 is 0 Å². The zero-order chi connectivity index (χ0) is 18.1. The van der Waals surface area contributed by atoms with Gasteiger partial charge in [0.1, 0.15) is 5.82 Å². The lowest BCUT2D eigenvalue weighted by Gasteiger charge is -2.38. The molecular formula is C20H20FN3O2. The molecule has 2 fully saturated rings. The molecule has 0 aliphatic carbocycles. The highest BCUT2D eigenvalue weighted by Crippen LogP contribution is 2.43. The van der Waals surface area contributed by atoms with Crippen molar-refractivity contribution in [3.05, 3.63) is 60.2 Å². The van der Waals surface area contributed by atoms with Gasteiger partial charge in [0.2, 0.25) is 5.91 Å². The quantitative estimate of drug-likeness (QED) is 0.834. The fourth-order valence-corrected chi connectivity index (χ4v) is 3.99. The zero-order valence-corrected chi connectivity index (χ0v) is 14.4. The summed E-state index contributed by atoms with van der Waals surface area (Å²) >= 11 is 0. The second-order valence-corrected chi connectivity index (χ2v) is 7.00. The Morgan fingerprint density at radius 1 is 1.08 bits per heavy atom. The van der Waals surface area contributed by atoms with Gasteiger partial charge in [-0.15, -0.1) is 0 Å². The van der Waals surface area contributed by atoms with Crippen molar-refractivity contribution < 1.29 is 14.0 Å². The van der Waals surface area contributed by atoms with Gasteiger partial charge in [-0.3, -0.25) is 14.6 Å². The molecule has 4 rings (SSSR count). The minimum atomic E-state index is -0.414. The van der Waals surface area contributed by atoms with Crippen molar-refractivity contribution in [1.29, 1.82) is 0 Å². The Morgan fingerprint density at radius 2 is 1.85 bits per heavy atom. The van der Waals surface area contributed by atoms with Crippen LogP contribution in [0.25, 0.3) is 0 Å². The van der Waals surface area contributed by atoms with Crippen LogP contribution in [0, 0.1) is 11.2 Å². The molecule has 0 bridgehead atoms. The standard InChI is InChI=1S/C20H20FN3O2/c21-16-4-1-3-15(13-16)18(25)23-10-6-20(7-11-23)8-12-24(19(20)26)17-5-2-9-22-14-17/h1-5,9,13-14H,6-8,10-12H2. The first-order valence-electron chi connectivity index (χ1n) is 8.86. The molecule has 2 aliphatic rings. The second-order valence-electron chi connectivity index (χ2n) is 7.00. The second kappa shape index (κ2) is 6.52. The highest BCUT2D eigenvalue weighted by Gasteiger charge is 2.49. The van der Waals surface area contributed by atoms with Crippen molar-refractivity contribution in [2.45, 2.75) is 19.3 Å². The van der Waals surface area contributed by atoms with Crippen LogP contribution in [0.5, 0.6) is 0 Å². The van der Waals surface area contributed by atoms with Crippen molar-refractivity contribution in [2.24, 2.45) is 5.41 Å². The van der Waals surface area contributed by atoms with Gasteiger partial charge in [-0.2, -0.15) is 0 Å². The number of aromatic nitrogens is 1. The van der Waals surface area contributed by atoms with E-state index in [0.717, 1.165) is 12.1 Å². The number of hydrogen-bond acceptors (Lipinski definition) is 3. The lowest BCUT2D eigenvalue weighted by atomic mass is 9.77. The summed E-state index contributed by atoms with van der Waals surface area (Å²) in [6.07, 6.45) is 5.48. The number of anilines is 1. The van der Waals surface area contributed by atoms with Crippen LogP contribution in [-0.4, -0.2) is 41.3 Å². The summed E-state index contributed by atoms with van der Waals surface area (Å²) in [6.45, 7) is 1.71. The van der Waals surface area contributed by atoms with Gasteiger partial charge < -0.3 is 9.80 Å². The first-order valence-corrected chi connectivity index (χ1v) is 8.86. The SMILES string of the molecule is O=C(c1cccc(F)c1)N1CCC2(CC1)CCN(c1cccnc1)C2=O. The Hall–Kier alpha value is -2.76. The predicted octanol–water partition coefficient (Wildman–Crippen LogP) is 2.88. The van der Waals surface area contributed by atoms with E-state index in [0.29, 0.717) is 38.0 Å². The number of hydrogen-bond donors (Lipinski definition) is 0. The number of benzene rings is 1. The van der Waals surface area contributed by atoms with Crippen molar-refractivity contribution in [1.82, 2.24) is 9.88 Å². The molecule has 26 heavy (non-hydrogen) atoms. The molecular weight excluding hydrogens is 333 g/mol. The fourth-order valence-electron chi connectivity index (χ4n) is 3.99. The lowest BCUT2D eigenvalue weighted by Crippen LogP contribution is -2.46. The van der Waals surface area contributed by atoms with E-state index in [9.17, 15) is 14.0 Å². The molecule has 5 nitrogen and oxygen atoms in total. The molecule has 134 valence electrons. The summed E-state index contributed by atoms with van der Waals surface area (Å²) in [7, 11) is 0. The monoisotopic (exact) mass is 353 g/mol. The van der Waals surface area contributed by atoms with Gasteiger partial charge in [0.15, 0.2) is 0 Å². The topological polar surface area (TPSA) is 53.5 Å². The van der Waals surface area contributed by atoms with Crippen molar-refractivity contribution in [3.63, 3.8) is 0 Å².